The number of unbranched alkanes of at least 4 members (excludes halogenated alkanes) is 1. The van der Waals surface area contributed by atoms with Gasteiger partial charge in [0.05, 0.1) is 13.2 Å². The van der Waals surface area contributed by atoms with Gasteiger partial charge < -0.3 is 24.1 Å². The third-order valence-corrected chi connectivity index (χ3v) is 8.35. The number of benzene rings is 3. The largest absolute Gasteiger partial charge is 0.494 e. The quantitative estimate of drug-likeness (QED) is 0.152. The van der Waals surface area contributed by atoms with Crippen LogP contribution in [0.3, 0.4) is 0 Å². The van der Waals surface area contributed by atoms with E-state index in [-0.39, 0.29) is 6.04 Å². The molecule has 1 N–H and O–H groups in total. The van der Waals surface area contributed by atoms with E-state index >= 15 is 0 Å². The molecule has 7 nitrogen and oxygen atoms in total. The molecule has 1 atom stereocenters. The van der Waals surface area contributed by atoms with Crippen molar-refractivity contribution in [3.63, 3.8) is 0 Å². The van der Waals surface area contributed by atoms with Crippen molar-refractivity contribution in [1.82, 2.24) is 14.8 Å². The van der Waals surface area contributed by atoms with Crippen molar-refractivity contribution in [2.24, 2.45) is 0 Å². The third-order valence-electron chi connectivity index (χ3n) is 7.87. The van der Waals surface area contributed by atoms with Gasteiger partial charge in [-0.3, -0.25) is 4.90 Å². The van der Waals surface area contributed by atoms with Gasteiger partial charge in [0.2, 0.25) is 0 Å². The van der Waals surface area contributed by atoms with Gasteiger partial charge in [-0.25, -0.2) is 4.79 Å². The maximum absolute atomic E-state index is 13.5. The van der Waals surface area contributed by atoms with Crippen LogP contribution in [0.4, 0.5) is 4.79 Å². The molecule has 0 bridgehead atoms. The number of amides is 1. The van der Waals surface area contributed by atoms with E-state index in [2.05, 4.69) is 16.8 Å². The summed E-state index contributed by atoms with van der Waals surface area (Å²) in [6.07, 6.45) is 3.56. The average Bonchev–Trinajstić information content (AvgIpc) is 3.39. The standard InChI is InChI=1S/C34H39Cl2N3O4/c1-3-4-17-38(20-22-41-2)18-5-21-42-27-11-6-24(7-12-27)33-32-29(30-23-26(36)10-15-31(30)37-32)16-19-39(33)34(40)43-28-13-8-25(35)9-14-28/h6-15,23,33,37H,3-5,16-22H2,1-2H3. The number of carbonyl (C=O) groups excluding carboxylic acids is 1. The van der Waals surface area contributed by atoms with Crippen LogP contribution in [0.5, 0.6) is 11.5 Å². The molecule has 1 amide bonds. The van der Waals surface area contributed by atoms with E-state index in [0.717, 1.165) is 60.6 Å². The van der Waals surface area contributed by atoms with Crippen LogP contribution in [-0.4, -0.2) is 67.4 Å². The van der Waals surface area contributed by atoms with Crippen molar-refractivity contribution in [2.45, 2.75) is 38.6 Å². The van der Waals surface area contributed by atoms with Gasteiger partial charge in [-0.15, -0.1) is 0 Å². The Balaban J connectivity index is 1.32. The summed E-state index contributed by atoms with van der Waals surface area (Å²) >= 11 is 12.4. The highest BCUT2D eigenvalue weighted by molar-refractivity contribution is 6.31. The average molecular weight is 625 g/mol. The van der Waals surface area contributed by atoms with Gasteiger partial charge >= 0.3 is 6.09 Å². The first-order chi connectivity index (χ1) is 21.0. The second-order valence-electron chi connectivity index (χ2n) is 10.8. The maximum atomic E-state index is 13.5. The van der Waals surface area contributed by atoms with Crippen molar-refractivity contribution in [2.75, 3.05) is 46.5 Å². The second-order valence-corrected chi connectivity index (χ2v) is 11.7. The number of carbonyl (C=O) groups is 1. The molecule has 2 heterocycles. The molecule has 3 aromatic carbocycles. The van der Waals surface area contributed by atoms with Crippen LogP contribution in [-0.2, 0) is 11.2 Å². The highest BCUT2D eigenvalue weighted by atomic mass is 35.5. The zero-order valence-electron chi connectivity index (χ0n) is 24.8. The molecule has 4 aromatic rings. The number of H-pyrrole nitrogens is 1. The first-order valence-electron chi connectivity index (χ1n) is 14.9. The van der Waals surface area contributed by atoms with Gasteiger partial charge in [-0.05, 0) is 91.5 Å². The summed E-state index contributed by atoms with van der Waals surface area (Å²) in [5, 5.41) is 2.35. The molecular formula is C34H39Cl2N3O4. The molecule has 9 heteroatoms. The second kappa shape index (κ2) is 15.0. The van der Waals surface area contributed by atoms with E-state index in [1.165, 1.54) is 18.4 Å². The normalized spacial score (nSPS) is 14.7. The predicted molar refractivity (Wildman–Crippen MR) is 173 cm³/mol. The lowest BCUT2D eigenvalue weighted by Crippen LogP contribution is -2.42. The molecule has 1 aromatic heterocycles. The molecule has 0 radical (unpaired) electrons. The fourth-order valence-corrected chi connectivity index (χ4v) is 5.93. The Morgan fingerprint density at radius 1 is 0.930 bits per heavy atom. The minimum atomic E-state index is -0.420. The van der Waals surface area contributed by atoms with E-state index in [4.69, 9.17) is 37.4 Å². The Hall–Kier alpha value is -3.23. The molecule has 0 saturated heterocycles. The third kappa shape index (κ3) is 7.84. The van der Waals surface area contributed by atoms with E-state index in [1.54, 1.807) is 36.3 Å². The molecule has 0 saturated carbocycles. The number of methoxy groups -OCH3 is 1. The van der Waals surface area contributed by atoms with Crippen molar-refractivity contribution in [3.8, 4) is 11.5 Å². The van der Waals surface area contributed by atoms with E-state index in [9.17, 15) is 4.79 Å². The number of fused-ring (bicyclic) bond motifs is 3. The SMILES string of the molecule is CCCCN(CCCOc1ccc(C2c3[nH]c4ccc(Cl)cc4c3CCN2C(=O)Oc2ccc(Cl)cc2)cc1)CCOC. The molecule has 0 aliphatic carbocycles. The van der Waals surface area contributed by atoms with E-state index < -0.39 is 6.09 Å². The predicted octanol–water partition coefficient (Wildman–Crippen LogP) is 8.14. The number of halogens is 2. The number of nitrogens with one attached hydrogen (secondary N) is 1. The van der Waals surface area contributed by atoms with Crippen LogP contribution in [0.2, 0.25) is 10.0 Å². The molecule has 5 rings (SSSR count). The lowest BCUT2D eigenvalue weighted by Gasteiger charge is -2.35. The highest BCUT2D eigenvalue weighted by Crippen LogP contribution is 2.40. The molecule has 43 heavy (non-hydrogen) atoms. The Kier molecular flexibility index (Phi) is 10.9. The number of ether oxygens (including phenoxy) is 3. The van der Waals surface area contributed by atoms with Crippen molar-refractivity contribution < 1.29 is 19.0 Å². The summed E-state index contributed by atoms with van der Waals surface area (Å²) < 4.78 is 17.2. The van der Waals surface area contributed by atoms with Gasteiger partial charge in [-0.2, -0.15) is 0 Å². The minimum absolute atomic E-state index is 0.364. The Morgan fingerprint density at radius 3 is 2.40 bits per heavy atom. The lowest BCUT2D eigenvalue weighted by molar-refractivity contribution is 0.135. The summed E-state index contributed by atoms with van der Waals surface area (Å²) in [7, 11) is 1.74. The smallest absolute Gasteiger partial charge is 0.416 e. The number of aromatic amines is 1. The van der Waals surface area contributed by atoms with Crippen molar-refractivity contribution in [1.29, 1.82) is 0 Å². The number of hydrogen-bond acceptors (Lipinski definition) is 5. The zero-order chi connectivity index (χ0) is 30.2. The number of nitrogens with zero attached hydrogens (tertiary/aromatic N) is 2. The summed E-state index contributed by atoms with van der Waals surface area (Å²) in [5.74, 6) is 1.25. The van der Waals surface area contributed by atoms with Gasteiger partial charge in [0, 0.05) is 53.4 Å². The Labute approximate surface area is 263 Å². The van der Waals surface area contributed by atoms with E-state index in [1.807, 2.05) is 42.5 Å². The van der Waals surface area contributed by atoms with Crippen LogP contribution in [0.15, 0.2) is 66.7 Å². The summed E-state index contributed by atoms with van der Waals surface area (Å²) in [6.45, 7) is 7.07. The number of hydrogen-bond donors (Lipinski definition) is 1. The van der Waals surface area contributed by atoms with Gasteiger partial charge in [-0.1, -0.05) is 48.7 Å². The maximum Gasteiger partial charge on any atom is 0.416 e. The fraction of sp³-hybridized carbons (Fsp3) is 0.382. The Morgan fingerprint density at radius 2 is 1.65 bits per heavy atom. The zero-order valence-corrected chi connectivity index (χ0v) is 26.3. The minimum Gasteiger partial charge on any atom is -0.494 e. The molecule has 0 fully saturated rings. The van der Waals surface area contributed by atoms with Crippen LogP contribution in [0.1, 0.15) is 49.0 Å². The molecule has 1 aliphatic heterocycles. The lowest BCUT2D eigenvalue weighted by atomic mass is 9.92. The van der Waals surface area contributed by atoms with Gasteiger partial charge in [0.15, 0.2) is 0 Å². The summed E-state index contributed by atoms with van der Waals surface area (Å²) in [6, 6.07) is 20.3. The fourth-order valence-electron chi connectivity index (χ4n) is 5.63. The molecule has 1 unspecified atom stereocenters. The monoisotopic (exact) mass is 623 g/mol. The van der Waals surface area contributed by atoms with Crippen molar-refractivity contribution >= 4 is 40.2 Å². The van der Waals surface area contributed by atoms with Crippen LogP contribution >= 0.6 is 23.2 Å². The van der Waals surface area contributed by atoms with Crippen molar-refractivity contribution in [3.05, 3.63) is 93.6 Å². The number of rotatable bonds is 13. The van der Waals surface area contributed by atoms with Crippen LogP contribution in [0.25, 0.3) is 10.9 Å². The number of aromatic nitrogens is 1. The molecule has 228 valence electrons. The van der Waals surface area contributed by atoms with Gasteiger partial charge in [0.25, 0.3) is 0 Å². The molecular weight excluding hydrogens is 585 g/mol. The summed E-state index contributed by atoms with van der Waals surface area (Å²) in [5.41, 5.74) is 4.09. The molecule has 0 spiro atoms. The Bertz CT molecular complexity index is 1480. The van der Waals surface area contributed by atoms with Gasteiger partial charge in [0.1, 0.15) is 17.5 Å². The highest BCUT2D eigenvalue weighted by Gasteiger charge is 2.35. The molecule has 1 aliphatic rings. The topological polar surface area (TPSA) is 67.0 Å². The first-order valence-corrected chi connectivity index (χ1v) is 15.7. The van der Waals surface area contributed by atoms with E-state index in [0.29, 0.717) is 35.4 Å². The first kappa shape index (κ1) is 31.2. The van der Waals surface area contributed by atoms with Crippen LogP contribution in [0, 0.1) is 0 Å². The van der Waals surface area contributed by atoms with Crippen LogP contribution < -0.4 is 9.47 Å². The summed E-state index contributed by atoms with van der Waals surface area (Å²) in [4.78, 5) is 21.3.